The highest BCUT2D eigenvalue weighted by atomic mass is 32.1. The topological polar surface area (TPSA) is 56.7 Å². The first-order valence-corrected chi connectivity index (χ1v) is 6.25. The minimum Gasteiger partial charge on any atom is -0.326 e. The van der Waals surface area contributed by atoms with Crippen LogP contribution < -0.4 is 5.73 Å². The molecule has 2 N–H and O–H groups in total. The first-order chi connectivity index (χ1) is 7.74. The molecule has 0 aliphatic carbocycles. The second-order valence-electron chi connectivity index (χ2n) is 3.72. The molecule has 0 saturated heterocycles. The minimum atomic E-state index is 0.569. The first-order valence-electron chi connectivity index (χ1n) is 5.43. The molecule has 0 atom stereocenters. The molecule has 0 saturated carbocycles. The zero-order valence-electron chi connectivity index (χ0n) is 9.60. The van der Waals surface area contributed by atoms with Crippen LogP contribution in [0.15, 0.2) is 12.3 Å². The van der Waals surface area contributed by atoms with Crippen LogP contribution in [0.3, 0.4) is 0 Å². The average Bonchev–Trinajstić information content (AvgIpc) is 2.85. The standard InChI is InChI=1S/C11H16N4S/c1-3-4-8-10(7-12)16-11(13-8)9-5-6-15(2)14-9/h5-6H,3-4,7,12H2,1-2H3. The summed E-state index contributed by atoms with van der Waals surface area (Å²) in [6, 6.07) is 1.98. The van der Waals surface area contributed by atoms with Crippen molar-refractivity contribution in [1.29, 1.82) is 0 Å². The zero-order valence-corrected chi connectivity index (χ0v) is 10.4. The number of nitrogens with two attached hydrogens (primary N) is 1. The number of aryl methyl sites for hydroxylation is 2. The Morgan fingerprint density at radius 2 is 2.31 bits per heavy atom. The van der Waals surface area contributed by atoms with Gasteiger partial charge in [0, 0.05) is 24.7 Å². The molecule has 0 aromatic carbocycles. The quantitative estimate of drug-likeness (QED) is 0.882. The van der Waals surface area contributed by atoms with Crippen molar-refractivity contribution in [3.05, 3.63) is 22.8 Å². The van der Waals surface area contributed by atoms with Gasteiger partial charge in [-0.2, -0.15) is 5.10 Å². The van der Waals surface area contributed by atoms with Crippen molar-refractivity contribution in [3.8, 4) is 10.7 Å². The van der Waals surface area contributed by atoms with E-state index >= 15 is 0 Å². The first kappa shape index (κ1) is 11.3. The summed E-state index contributed by atoms with van der Waals surface area (Å²) >= 11 is 1.65. The molecule has 5 heteroatoms. The molecule has 0 bridgehead atoms. The number of nitrogens with zero attached hydrogens (tertiary/aromatic N) is 3. The van der Waals surface area contributed by atoms with E-state index in [1.807, 2.05) is 19.3 Å². The van der Waals surface area contributed by atoms with Gasteiger partial charge in [-0.3, -0.25) is 4.68 Å². The van der Waals surface area contributed by atoms with Crippen molar-refractivity contribution < 1.29 is 0 Å². The molecule has 0 radical (unpaired) electrons. The van der Waals surface area contributed by atoms with Crippen LogP contribution >= 0.6 is 11.3 Å². The predicted octanol–water partition coefficient (Wildman–Crippen LogP) is 1.95. The Hall–Kier alpha value is -1.20. The Balaban J connectivity index is 2.35. The van der Waals surface area contributed by atoms with Crippen LogP contribution in [0, 0.1) is 0 Å². The van der Waals surface area contributed by atoms with Crippen LogP contribution in [0.4, 0.5) is 0 Å². The van der Waals surface area contributed by atoms with Crippen molar-refractivity contribution in [2.75, 3.05) is 0 Å². The third-order valence-corrected chi connectivity index (χ3v) is 3.53. The molecule has 0 aliphatic heterocycles. The third-order valence-electron chi connectivity index (χ3n) is 2.38. The lowest BCUT2D eigenvalue weighted by Gasteiger charge is -1.94. The molecule has 4 nitrogen and oxygen atoms in total. The molecule has 2 heterocycles. The van der Waals surface area contributed by atoms with Crippen molar-refractivity contribution >= 4 is 11.3 Å². The highest BCUT2D eigenvalue weighted by Crippen LogP contribution is 2.27. The van der Waals surface area contributed by atoms with E-state index in [9.17, 15) is 0 Å². The Morgan fingerprint density at radius 1 is 1.50 bits per heavy atom. The van der Waals surface area contributed by atoms with Gasteiger partial charge in [-0.15, -0.1) is 11.3 Å². The van der Waals surface area contributed by atoms with Crippen molar-refractivity contribution in [3.63, 3.8) is 0 Å². The third kappa shape index (κ3) is 2.15. The lowest BCUT2D eigenvalue weighted by atomic mass is 10.2. The van der Waals surface area contributed by atoms with E-state index in [4.69, 9.17) is 5.73 Å². The normalized spacial score (nSPS) is 10.9. The van der Waals surface area contributed by atoms with Crippen LogP contribution in [0.2, 0.25) is 0 Å². The fraction of sp³-hybridized carbons (Fsp3) is 0.455. The number of thiazole rings is 1. The Kier molecular flexibility index (Phi) is 3.36. The summed E-state index contributed by atoms with van der Waals surface area (Å²) in [4.78, 5) is 5.80. The van der Waals surface area contributed by atoms with Gasteiger partial charge in [0.2, 0.25) is 0 Å². The van der Waals surface area contributed by atoms with Gasteiger partial charge < -0.3 is 5.73 Å². The Bertz CT molecular complexity index is 472. The van der Waals surface area contributed by atoms with Crippen LogP contribution in [-0.2, 0) is 20.0 Å². The van der Waals surface area contributed by atoms with E-state index in [1.165, 1.54) is 4.88 Å². The summed E-state index contributed by atoms with van der Waals surface area (Å²) in [5, 5.41) is 5.33. The fourth-order valence-electron chi connectivity index (χ4n) is 1.61. The summed E-state index contributed by atoms with van der Waals surface area (Å²) in [6.45, 7) is 2.72. The fourth-order valence-corrected chi connectivity index (χ4v) is 2.57. The van der Waals surface area contributed by atoms with Crippen LogP contribution in [-0.4, -0.2) is 14.8 Å². The van der Waals surface area contributed by atoms with E-state index in [0.717, 1.165) is 29.2 Å². The van der Waals surface area contributed by atoms with E-state index in [2.05, 4.69) is 17.0 Å². The maximum atomic E-state index is 5.72. The summed E-state index contributed by atoms with van der Waals surface area (Å²) in [5.41, 5.74) is 7.79. The van der Waals surface area contributed by atoms with Gasteiger partial charge in [-0.05, 0) is 12.5 Å². The predicted molar refractivity (Wildman–Crippen MR) is 66.2 cm³/mol. The molecule has 16 heavy (non-hydrogen) atoms. The molecule has 0 amide bonds. The largest absolute Gasteiger partial charge is 0.326 e. The highest BCUT2D eigenvalue weighted by Gasteiger charge is 2.12. The summed E-state index contributed by atoms with van der Waals surface area (Å²) in [7, 11) is 1.91. The molecule has 0 spiro atoms. The molecule has 2 rings (SSSR count). The van der Waals surface area contributed by atoms with E-state index in [-0.39, 0.29) is 0 Å². The average molecular weight is 236 g/mol. The monoisotopic (exact) mass is 236 g/mol. The van der Waals surface area contributed by atoms with Gasteiger partial charge in [-0.1, -0.05) is 13.3 Å². The smallest absolute Gasteiger partial charge is 0.144 e. The van der Waals surface area contributed by atoms with Gasteiger partial charge in [0.15, 0.2) is 0 Å². The van der Waals surface area contributed by atoms with Crippen molar-refractivity contribution in [2.45, 2.75) is 26.3 Å². The molecule has 0 fully saturated rings. The number of aromatic nitrogens is 3. The lowest BCUT2D eigenvalue weighted by Crippen LogP contribution is -1.97. The highest BCUT2D eigenvalue weighted by molar-refractivity contribution is 7.15. The summed E-state index contributed by atoms with van der Waals surface area (Å²) < 4.78 is 1.79. The van der Waals surface area contributed by atoms with Gasteiger partial charge in [0.1, 0.15) is 10.7 Å². The molecule has 0 aliphatic rings. The van der Waals surface area contributed by atoms with E-state index in [1.54, 1.807) is 16.0 Å². The van der Waals surface area contributed by atoms with Crippen LogP contribution in [0.1, 0.15) is 23.9 Å². The molecule has 86 valence electrons. The number of rotatable bonds is 4. The molecule has 2 aromatic rings. The summed E-state index contributed by atoms with van der Waals surface area (Å²) in [6.07, 6.45) is 4.02. The maximum Gasteiger partial charge on any atom is 0.144 e. The molecular weight excluding hydrogens is 220 g/mol. The minimum absolute atomic E-state index is 0.569. The SMILES string of the molecule is CCCc1nc(-c2ccn(C)n2)sc1CN. The molecular formula is C11H16N4S. The Labute approximate surface area is 99.1 Å². The van der Waals surface area contributed by atoms with Crippen LogP contribution in [0.25, 0.3) is 10.7 Å². The van der Waals surface area contributed by atoms with Crippen molar-refractivity contribution in [2.24, 2.45) is 12.8 Å². The lowest BCUT2D eigenvalue weighted by molar-refractivity contribution is 0.770. The molecule has 2 aromatic heterocycles. The van der Waals surface area contributed by atoms with Crippen molar-refractivity contribution in [1.82, 2.24) is 14.8 Å². The molecule has 0 unspecified atom stereocenters. The van der Waals surface area contributed by atoms with E-state index < -0.39 is 0 Å². The number of hydrogen-bond acceptors (Lipinski definition) is 4. The second kappa shape index (κ2) is 4.76. The zero-order chi connectivity index (χ0) is 11.5. The second-order valence-corrected chi connectivity index (χ2v) is 4.80. The Morgan fingerprint density at radius 3 is 2.88 bits per heavy atom. The number of hydrogen-bond donors (Lipinski definition) is 1. The van der Waals surface area contributed by atoms with E-state index in [0.29, 0.717) is 6.54 Å². The van der Waals surface area contributed by atoms with Crippen LogP contribution in [0.5, 0.6) is 0 Å². The van der Waals surface area contributed by atoms with Gasteiger partial charge in [-0.25, -0.2) is 4.98 Å². The van der Waals surface area contributed by atoms with Gasteiger partial charge in [0.05, 0.1) is 5.69 Å². The summed E-state index contributed by atoms with van der Waals surface area (Å²) in [5.74, 6) is 0. The van der Waals surface area contributed by atoms with Gasteiger partial charge >= 0.3 is 0 Å². The van der Waals surface area contributed by atoms with Gasteiger partial charge in [0.25, 0.3) is 0 Å². The maximum absolute atomic E-state index is 5.72.